The number of halogens is 3. The van der Waals surface area contributed by atoms with Gasteiger partial charge in [0.15, 0.2) is 6.04 Å². The number of rotatable bonds is 7. The van der Waals surface area contributed by atoms with Gasteiger partial charge in [0.05, 0.1) is 13.7 Å². The number of benzene rings is 1. The number of hydrogen-bond donors (Lipinski definition) is 2. The van der Waals surface area contributed by atoms with Gasteiger partial charge < -0.3 is 25.3 Å². The molecule has 2 rings (SSSR count). The molecular weight excluding hydrogens is 473 g/mol. The summed E-state index contributed by atoms with van der Waals surface area (Å²) in [5.41, 5.74) is 2.74. The SMILES string of the molecule is COC(=O)[C@H](CCSC)NC(=O)[C@@H]1C[C@H](c2ccc(C(C)(C)C)cc2)C[NH2+]1.O=C([O-])C(F)(F)F. The lowest BCUT2D eigenvalue weighted by Gasteiger charge is -2.19. The fraction of sp³-hybridized carbons (Fsp3) is 0.609. The van der Waals surface area contributed by atoms with Gasteiger partial charge in [0.2, 0.25) is 0 Å². The average Bonchev–Trinajstić information content (AvgIpc) is 3.25. The van der Waals surface area contributed by atoms with Crippen LogP contribution in [0.1, 0.15) is 50.7 Å². The molecule has 0 aromatic heterocycles. The lowest BCUT2D eigenvalue weighted by molar-refractivity contribution is -0.658. The normalized spacial score (nSPS) is 18.9. The second-order valence-electron chi connectivity index (χ2n) is 9.03. The Bertz CT molecular complexity index is 825. The molecule has 192 valence electrons. The highest BCUT2D eigenvalue weighted by atomic mass is 32.2. The molecule has 1 fully saturated rings. The number of carboxylic acids is 1. The van der Waals surface area contributed by atoms with E-state index in [1.165, 1.54) is 18.2 Å². The zero-order valence-electron chi connectivity index (χ0n) is 20.0. The van der Waals surface area contributed by atoms with Gasteiger partial charge >= 0.3 is 12.1 Å². The standard InChI is InChI=1S/C21H32N2O3S.C2HF3O2/c1-21(2,3)16-8-6-14(7-9-16)15-12-18(22-13-15)19(24)23-17(10-11-27-5)20(25)26-4;3-2(4,5)1(6)7/h6-9,15,17-18,22H,10-13H2,1-5H3,(H,23,24);(H,6,7)/t15-,17-,18-;/m0./s1. The van der Waals surface area contributed by atoms with Crippen molar-refractivity contribution in [2.45, 2.75) is 63.2 Å². The largest absolute Gasteiger partial charge is 0.542 e. The quantitative estimate of drug-likeness (QED) is 0.536. The van der Waals surface area contributed by atoms with E-state index in [2.05, 4.69) is 55.7 Å². The maximum absolute atomic E-state index is 12.6. The minimum absolute atomic E-state index is 0.0692. The van der Waals surface area contributed by atoms with E-state index in [4.69, 9.17) is 14.6 Å². The number of carbonyl (C=O) groups is 3. The van der Waals surface area contributed by atoms with Crippen LogP contribution in [0.4, 0.5) is 13.2 Å². The van der Waals surface area contributed by atoms with Crippen molar-refractivity contribution in [2.75, 3.05) is 25.7 Å². The molecule has 0 bridgehead atoms. The summed E-state index contributed by atoms with van der Waals surface area (Å²) in [5.74, 6) is -2.29. The molecular formula is C23H33F3N2O5S. The molecule has 11 heteroatoms. The molecule has 0 saturated carbocycles. The van der Waals surface area contributed by atoms with Crippen LogP contribution in [0.25, 0.3) is 0 Å². The van der Waals surface area contributed by atoms with Crippen LogP contribution in [0.5, 0.6) is 0 Å². The summed E-state index contributed by atoms with van der Waals surface area (Å²) in [7, 11) is 1.36. The summed E-state index contributed by atoms with van der Waals surface area (Å²) >= 11 is 1.65. The smallest absolute Gasteiger partial charge is 0.430 e. The van der Waals surface area contributed by atoms with Gasteiger partial charge in [-0.05, 0) is 35.0 Å². The molecule has 7 nitrogen and oxygen atoms in total. The molecule has 1 amide bonds. The number of ether oxygens (including phenoxy) is 1. The van der Waals surface area contributed by atoms with Crippen molar-refractivity contribution in [3.63, 3.8) is 0 Å². The number of nitrogens with two attached hydrogens (primary N) is 1. The Balaban J connectivity index is 0.000000718. The zero-order chi connectivity index (χ0) is 26.1. The van der Waals surface area contributed by atoms with Crippen molar-refractivity contribution >= 4 is 29.6 Å². The molecule has 3 N–H and O–H groups in total. The summed E-state index contributed by atoms with van der Waals surface area (Å²) in [6.07, 6.45) is -1.84. The number of aliphatic carboxylic acids is 1. The van der Waals surface area contributed by atoms with Gasteiger partial charge in [-0.15, -0.1) is 0 Å². The van der Waals surface area contributed by atoms with Crippen molar-refractivity contribution in [3.8, 4) is 0 Å². The number of esters is 1. The molecule has 3 atom stereocenters. The maximum Gasteiger partial charge on any atom is 0.430 e. The average molecular weight is 507 g/mol. The Morgan fingerprint density at radius 1 is 1.21 bits per heavy atom. The summed E-state index contributed by atoms with van der Waals surface area (Å²) < 4.78 is 36.4. The predicted octanol–water partition coefficient (Wildman–Crippen LogP) is 1.11. The molecule has 0 radical (unpaired) electrons. The second-order valence-corrected chi connectivity index (χ2v) is 10.0. The highest BCUT2D eigenvalue weighted by Crippen LogP contribution is 2.27. The van der Waals surface area contributed by atoms with Crippen molar-refractivity contribution < 1.29 is 42.7 Å². The topological polar surface area (TPSA) is 112 Å². The minimum Gasteiger partial charge on any atom is -0.542 e. The highest BCUT2D eigenvalue weighted by molar-refractivity contribution is 7.98. The molecule has 0 unspecified atom stereocenters. The monoisotopic (exact) mass is 506 g/mol. The molecule has 34 heavy (non-hydrogen) atoms. The number of alkyl halides is 3. The molecule has 1 aliphatic heterocycles. The van der Waals surface area contributed by atoms with Crippen molar-refractivity contribution in [1.82, 2.24) is 5.32 Å². The fourth-order valence-electron chi connectivity index (χ4n) is 3.47. The molecule has 1 saturated heterocycles. The van der Waals surface area contributed by atoms with Crippen LogP contribution in [0.15, 0.2) is 24.3 Å². The van der Waals surface area contributed by atoms with Gasteiger partial charge in [-0.1, -0.05) is 45.0 Å². The van der Waals surface area contributed by atoms with Gasteiger partial charge in [-0.2, -0.15) is 24.9 Å². The number of thioether (sulfide) groups is 1. The predicted molar refractivity (Wildman–Crippen MR) is 121 cm³/mol. The summed E-state index contributed by atoms with van der Waals surface area (Å²) in [5, 5.41) is 13.8. The number of carbonyl (C=O) groups excluding carboxylic acids is 3. The molecule has 1 heterocycles. The first-order valence-corrected chi connectivity index (χ1v) is 12.2. The first-order valence-electron chi connectivity index (χ1n) is 10.8. The van der Waals surface area contributed by atoms with E-state index >= 15 is 0 Å². The summed E-state index contributed by atoms with van der Waals surface area (Å²) in [6.45, 7) is 7.52. The Kier molecular flexibility index (Phi) is 11.4. The molecule has 0 spiro atoms. The summed E-state index contributed by atoms with van der Waals surface area (Å²) in [6, 6.07) is 8.05. The number of nitrogens with one attached hydrogen (secondary N) is 1. The van der Waals surface area contributed by atoms with Crippen LogP contribution in [0.3, 0.4) is 0 Å². The van der Waals surface area contributed by atoms with E-state index in [0.717, 1.165) is 18.7 Å². The van der Waals surface area contributed by atoms with Gasteiger partial charge in [0.1, 0.15) is 12.0 Å². The fourth-order valence-corrected chi connectivity index (χ4v) is 3.95. The van der Waals surface area contributed by atoms with E-state index in [9.17, 15) is 22.8 Å². The van der Waals surface area contributed by atoms with E-state index < -0.39 is 18.2 Å². The number of amides is 1. The summed E-state index contributed by atoms with van der Waals surface area (Å²) in [4.78, 5) is 33.3. The number of hydrogen-bond acceptors (Lipinski definition) is 6. The van der Waals surface area contributed by atoms with Crippen molar-refractivity contribution in [3.05, 3.63) is 35.4 Å². The maximum atomic E-state index is 12.6. The minimum atomic E-state index is -5.19. The molecule has 1 aliphatic rings. The van der Waals surface area contributed by atoms with Crippen LogP contribution in [0, 0.1) is 0 Å². The van der Waals surface area contributed by atoms with E-state index in [-0.39, 0.29) is 23.3 Å². The number of carboxylic acid groups (broad SMARTS) is 1. The number of methoxy groups -OCH3 is 1. The third kappa shape index (κ3) is 9.54. The Morgan fingerprint density at radius 3 is 2.21 bits per heavy atom. The van der Waals surface area contributed by atoms with Gasteiger partial charge in [0.25, 0.3) is 5.91 Å². The van der Waals surface area contributed by atoms with Crippen LogP contribution in [-0.2, 0) is 24.5 Å². The zero-order valence-corrected chi connectivity index (χ0v) is 20.8. The second kappa shape index (κ2) is 13.0. The van der Waals surface area contributed by atoms with Crippen LogP contribution in [0.2, 0.25) is 0 Å². The van der Waals surface area contributed by atoms with Gasteiger partial charge in [-0.25, -0.2) is 4.79 Å². The molecule has 1 aromatic carbocycles. The van der Waals surface area contributed by atoms with E-state index in [0.29, 0.717) is 12.3 Å². The first-order chi connectivity index (χ1) is 15.7. The Hall–Kier alpha value is -2.27. The van der Waals surface area contributed by atoms with Gasteiger partial charge in [0, 0.05) is 12.3 Å². The van der Waals surface area contributed by atoms with Crippen molar-refractivity contribution in [1.29, 1.82) is 0 Å². The molecule has 1 aromatic rings. The number of quaternary nitrogens is 1. The third-order valence-corrected chi connectivity index (χ3v) is 6.12. The Morgan fingerprint density at radius 2 is 1.76 bits per heavy atom. The van der Waals surface area contributed by atoms with Gasteiger partial charge in [-0.3, -0.25) is 4.79 Å². The lowest BCUT2D eigenvalue weighted by atomic mass is 9.85. The van der Waals surface area contributed by atoms with Crippen LogP contribution < -0.4 is 15.7 Å². The van der Waals surface area contributed by atoms with Crippen LogP contribution in [-0.4, -0.2) is 61.8 Å². The van der Waals surface area contributed by atoms with Crippen molar-refractivity contribution in [2.24, 2.45) is 0 Å². The van der Waals surface area contributed by atoms with E-state index in [1.807, 2.05) is 6.26 Å². The third-order valence-electron chi connectivity index (χ3n) is 5.47. The first kappa shape index (κ1) is 29.8. The lowest BCUT2D eigenvalue weighted by Crippen LogP contribution is -2.89. The highest BCUT2D eigenvalue weighted by Gasteiger charge is 2.36. The van der Waals surface area contributed by atoms with E-state index in [1.54, 1.807) is 11.8 Å². The Labute approximate surface area is 202 Å². The van der Waals surface area contributed by atoms with Crippen LogP contribution >= 0.6 is 11.8 Å². The molecule has 0 aliphatic carbocycles.